The zero-order valence-electron chi connectivity index (χ0n) is 13.2. The topological polar surface area (TPSA) is 24.5 Å². The second-order valence-electron chi connectivity index (χ2n) is 5.73. The van der Waals surface area contributed by atoms with Crippen molar-refractivity contribution in [2.24, 2.45) is 5.92 Å². The van der Waals surface area contributed by atoms with Crippen molar-refractivity contribution in [3.63, 3.8) is 0 Å². The van der Waals surface area contributed by atoms with E-state index < -0.39 is 11.7 Å². The number of halogens is 3. The lowest BCUT2D eigenvalue weighted by molar-refractivity contribution is -0.137. The highest BCUT2D eigenvalue weighted by molar-refractivity contribution is 7.80. The first-order valence-corrected chi connectivity index (χ1v) is 8.10. The van der Waals surface area contributed by atoms with Gasteiger partial charge in [0.2, 0.25) is 0 Å². The minimum absolute atomic E-state index is 0.124. The Hall–Kier alpha value is -1.34. The first-order chi connectivity index (χ1) is 10.8. The van der Waals surface area contributed by atoms with Gasteiger partial charge in [0.1, 0.15) is 6.23 Å². The largest absolute Gasteiger partial charge is 0.416 e. The quantitative estimate of drug-likeness (QED) is 0.812. The SMILES string of the molecule is CCCC(C)C1OCCN1C(=S)Nc1cccc(C(F)(F)F)c1. The van der Waals surface area contributed by atoms with E-state index in [1.807, 2.05) is 4.90 Å². The minimum atomic E-state index is -4.37. The van der Waals surface area contributed by atoms with Crippen LogP contribution in [0.2, 0.25) is 0 Å². The van der Waals surface area contributed by atoms with E-state index in [2.05, 4.69) is 19.2 Å². The number of nitrogens with zero attached hydrogens (tertiary/aromatic N) is 1. The number of hydrogen-bond donors (Lipinski definition) is 1. The van der Waals surface area contributed by atoms with E-state index in [1.54, 1.807) is 6.07 Å². The highest BCUT2D eigenvalue weighted by Crippen LogP contribution is 2.31. The zero-order valence-corrected chi connectivity index (χ0v) is 14.0. The molecule has 0 spiro atoms. The van der Waals surface area contributed by atoms with E-state index in [9.17, 15) is 13.2 Å². The van der Waals surface area contributed by atoms with Crippen LogP contribution < -0.4 is 5.32 Å². The highest BCUT2D eigenvalue weighted by atomic mass is 32.1. The number of hydrogen-bond acceptors (Lipinski definition) is 2. The van der Waals surface area contributed by atoms with E-state index in [-0.39, 0.29) is 6.23 Å². The van der Waals surface area contributed by atoms with Crippen LogP contribution in [0.15, 0.2) is 24.3 Å². The van der Waals surface area contributed by atoms with Crippen molar-refractivity contribution >= 4 is 23.0 Å². The highest BCUT2D eigenvalue weighted by Gasteiger charge is 2.32. The first kappa shape index (κ1) is 18.0. The lowest BCUT2D eigenvalue weighted by Gasteiger charge is -2.30. The Morgan fingerprint density at radius 2 is 2.22 bits per heavy atom. The molecule has 2 atom stereocenters. The van der Waals surface area contributed by atoms with Gasteiger partial charge in [-0.2, -0.15) is 13.2 Å². The molecule has 7 heteroatoms. The van der Waals surface area contributed by atoms with Crippen LogP contribution in [-0.2, 0) is 10.9 Å². The molecule has 2 unspecified atom stereocenters. The molecule has 1 saturated heterocycles. The Balaban J connectivity index is 2.06. The van der Waals surface area contributed by atoms with Gasteiger partial charge in [0.05, 0.1) is 12.2 Å². The summed E-state index contributed by atoms with van der Waals surface area (Å²) in [6.45, 7) is 5.42. The van der Waals surface area contributed by atoms with Crippen LogP contribution >= 0.6 is 12.2 Å². The molecule has 1 heterocycles. The average molecular weight is 346 g/mol. The van der Waals surface area contributed by atoms with Crippen LogP contribution in [0.1, 0.15) is 32.3 Å². The van der Waals surface area contributed by atoms with Crippen LogP contribution in [-0.4, -0.2) is 29.4 Å². The summed E-state index contributed by atoms with van der Waals surface area (Å²) in [5.74, 6) is 0.309. The molecule has 128 valence electrons. The van der Waals surface area contributed by atoms with E-state index in [0.29, 0.717) is 29.9 Å². The third-order valence-electron chi connectivity index (χ3n) is 3.86. The Morgan fingerprint density at radius 3 is 2.87 bits per heavy atom. The maximum absolute atomic E-state index is 12.8. The van der Waals surface area contributed by atoms with Gasteiger partial charge in [0.15, 0.2) is 5.11 Å². The van der Waals surface area contributed by atoms with Crippen molar-refractivity contribution in [1.82, 2.24) is 4.90 Å². The van der Waals surface area contributed by atoms with Gasteiger partial charge < -0.3 is 15.0 Å². The Labute approximate surface area is 139 Å². The van der Waals surface area contributed by atoms with E-state index >= 15 is 0 Å². The van der Waals surface area contributed by atoms with Gasteiger partial charge in [-0.05, 0) is 36.8 Å². The predicted octanol–water partition coefficient (Wildman–Crippen LogP) is 4.50. The van der Waals surface area contributed by atoms with E-state index in [1.165, 1.54) is 6.07 Å². The van der Waals surface area contributed by atoms with E-state index in [4.69, 9.17) is 17.0 Å². The van der Waals surface area contributed by atoms with E-state index in [0.717, 1.165) is 25.0 Å². The summed E-state index contributed by atoms with van der Waals surface area (Å²) >= 11 is 5.37. The first-order valence-electron chi connectivity index (χ1n) is 7.69. The summed E-state index contributed by atoms with van der Waals surface area (Å²) in [6, 6.07) is 5.04. The molecule has 0 saturated carbocycles. The summed E-state index contributed by atoms with van der Waals surface area (Å²) in [4.78, 5) is 1.91. The third kappa shape index (κ3) is 4.57. The second-order valence-corrected chi connectivity index (χ2v) is 6.12. The van der Waals surface area contributed by atoms with Gasteiger partial charge in [0, 0.05) is 18.2 Å². The standard InChI is InChI=1S/C16H21F3N2OS/c1-3-5-11(2)14-21(8-9-22-14)15(23)20-13-7-4-6-12(10-13)16(17,18)19/h4,6-7,10-11,14H,3,5,8-9H2,1-2H3,(H,20,23). The summed E-state index contributed by atoms with van der Waals surface area (Å²) in [7, 11) is 0. The van der Waals surface area contributed by atoms with Gasteiger partial charge in [-0.1, -0.05) is 26.3 Å². The fourth-order valence-electron chi connectivity index (χ4n) is 2.74. The maximum Gasteiger partial charge on any atom is 0.416 e. The summed E-state index contributed by atoms with van der Waals surface area (Å²) in [5.41, 5.74) is -0.363. The zero-order chi connectivity index (χ0) is 17.0. The van der Waals surface area contributed by atoms with Gasteiger partial charge in [-0.25, -0.2) is 0 Å². The molecule has 2 rings (SSSR count). The number of anilines is 1. The second kappa shape index (κ2) is 7.49. The molecule has 0 amide bonds. The molecule has 0 bridgehead atoms. The van der Waals surface area contributed by atoms with Gasteiger partial charge in [0.25, 0.3) is 0 Å². The fourth-order valence-corrected chi connectivity index (χ4v) is 3.06. The van der Waals surface area contributed by atoms with Crippen molar-refractivity contribution in [1.29, 1.82) is 0 Å². The molecule has 0 radical (unpaired) electrons. The predicted molar refractivity (Wildman–Crippen MR) is 88.2 cm³/mol. The van der Waals surface area contributed by atoms with Gasteiger partial charge in [-0.3, -0.25) is 0 Å². The average Bonchev–Trinajstić information content (AvgIpc) is 2.96. The molecule has 23 heavy (non-hydrogen) atoms. The smallest absolute Gasteiger partial charge is 0.356 e. The van der Waals surface area contributed by atoms with Crippen molar-refractivity contribution in [2.75, 3.05) is 18.5 Å². The molecule has 0 aliphatic carbocycles. The Kier molecular flexibility index (Phi) is 5.86. The number of nitrogens with one attached hydrogen (secondary N) is 1. The number of rotatable bonds is 4. The molecule has 1 aromatic rings. The lowest BCUT2D eigenvalue weighted by atomic mass is 10.0. The molecule has 1 N–H and O–H groups in total. The van der Waals surface area contributed by atoms with Crippen LogP contribution in [0.25, 0.3) is 0 Å². The maximum atomic E-state index is 12.8. The van der Waals surface area contributed by atoms with Crippen LogP contribution in [0.5, 0.6) is 0 Å². The monoisotopic (exact) mass is 346 g/mol. The van der Waals surface area contributed by atoms with Crippen molar-refractivity contribution in [2.45, 2.75) is 39.1 Å². The third-order valence-corrected chi connectivity index (χ3v) is 4.20. The number of thiocarbonyl (C=S) groups is 1. The summed E-state index contributed by atoms with van der Waals surface area (Å²) in [5, 5.41) is 3.30. The lowest BCUT2D eigenvalue weighted by Crippen LogP contribution is -2.42. The van der Waals surface area contributed by atoms with Crippen molar-refractivity contribution < 1.29 is 17.9 Å². The van der Waals surface area contributed by atoms with Crippen molar-refractivity contribution in [3.05, 3.63) is 29.8 Å². The summed E-state index contributed by atoms with van der Waals surface area (Å²) < 4.78 is 44.0. The molecular weight excluding hydrogens is 325 g/mol. The molecule has 0 aromatic heterocycles. The van der Waals surface area contributed by atoms with Crippen LogP contribution in [0.3, 0.4) is 0 Å². The molecule has 3 nitrogen and oxygen atoms in total. The Morgan fingerprint density at radius 1 is 1.48 bits per heavy atom. The van der Waals surface area contributed by atoms with Gasteiger partial charge in [-0.15, -0.1) is 0 Å². The summed E-state index contributed by atoms with van der Waals surface area (Å²) in [6.07, 6.45) is -2.44. The normalized spacial score (nSPS) is 19.7. The number of benzene rings is 1. The number of ether oxygens (including phenoxy) is 1. The van der Waals surface area contributed by atoms with Gasteiger partial charge >= 0.3 is 6.18 Å². The molecule has 1 aliphatic rings. The molecule has 1 aliphatic heterocycles. The van der Waals surface area contributed by atoms with Crippen LogP contribution in [0, 0.1) is 5.92 Å². The molecule has 1 aromatic carbocycles. The Bertz CT molecular complexity index is 550. The fraction of sp³-hybridized carbons (Fsp3) is 0.562. The minimum Gasteiger partial charge on any atom is -0.356 e. The molecule has 1 fully saturated rings. The molecular formula is C16H21F3N2OS. The van der Waals surface area contributed by atoms with Crippen molar-refractivity contribution in [3.8, 4) is 0 Å². The number of alkyl halides is 3. The van der Waals surface area contributed by atoms with Crippen LogP contribution in [0.4, 0.5) is 18.9 Å².